The van der Waals surface area contributed by atoms with Crippen LogP contribution in [0.2, 0.25) is 0 Å². The van der Waals surface area contributed by atoms with Crippen molar-refractivity contribution in [2.45, 2.75) is 64.2 Å². The summed E-state index contributed by atoms with van der Waals surface area (Å²) < 4.78 is 36.8. The number of fused-ring (bicyclic) bond motifs is 1. The van der Waals surface area contributed by atoms with Crippen LogP contribution in [-0.4, -0.2) is 43.1 Å². The second-order valence-electron chi connectivity index (χ2n) is 9.74. The molecule has 0 radical (unpaired) electrons. The van der Waals surface area contributed by atoms with Crippen LogP contribution in [0.15, 0.2) is 66.7 Å². The molecule has 3 aromatic carbocycles. The molecule has 6 heteroatoms. The lowest BCUT2D eigenvalue weighted by Crippen LogP contribution is -2.40. The summed E-state index contributed by atoms with van der Waals surface area (Å²) in [6.45, 7) is 8.84. The van der Waals surface area contributed by atoms with Crippen LogP contribution in [0.25, 0.3) is 10.8 Å². The zero-order valence-corrected chi connectivity index (χ0v) is 20.2. The molecule has 2 saturated heterocycles. The maximum absolute atomic E-state index is 6.33. The number of hydrogen-bond donors (Lipinski definition) is 0. The summed E-state index contributed by atoms with van der Waals surface area (Å²) in [5.74, 6) is -0.00204. The van der Waals surface area contributed by atoms with Crippen LogP contribution in [0, 0.1) is 0 Å². The molecule has 0 aliphatic carbocycles. The second kappa shape index (κ2) is 9.19. The Labute approximate surface area is 200 Å². The molecule has 2 fully saturated rings. The van der Waals surface area contributed by atoms with Crippen LogP contribution in [0.3, 0.4) is 0 Å². The molecule has 2 aliphatic heterocycles. The molecular formula is C28H32O6. The largest absolute Gasteiger partial charge is 0.487 e. The highest BCUT2D eigenvalue weighted by Crippen LogP contribution is 2.38. The van der Waals surface area contributed by atoms with Gasteiger partial charge in [0, 0.05) is 0 Å². The van der Waals surface area contributed by atoms with E-state index in [0.717, 1.165) is 16.3 Å². The van der Waals surface area contributed by atoms with Gasteiger partial charge in [-0.25, -0.2) is 0 Å². The van der Waals surface area contributed by atoms with Gasteiger partial charge in [-0.3, -0.25) is 0 Å². The van der Waals surface area contributed by atoms with Crippen molar-refractivity contribution >= 4 is 10.8 Å². The second-order valence-corrected chi connectivity index (χ2v) is 9.74. The van der Waals surface area contributed by atoms with Gasteiger partial charge in [0.2, 0.25) is 0 Å². The molecule has 5 rings (SSSR count). The Bertz CT molecular complexity index is 1130. The lowest BCUT2D eigenvalue weighted by atomic mass is 10.1. The van der Waals surface area contributed by atoms with E-state index in [2.05, 4.69) is 12.1 Å². The van der Waals surface area contributed by atoms with Crippen LogP contribution in [0.5, 0.6) is 11.5 Å². The van der Waals surface area contributed by atoms with Crippen molar-refractivity contribution in [1.29, 1.82) is 0 Å². The van der Waals surface area contributed by atoms with Crippen LogP contribution in [0.4, 0.5) is 0 Å². The van der Waals surface area contributed by atoms with Gasteiger partial charge in [0.05, 0.1) is 6.61 Å². The molecule has 34 heavy (non-hydrogen) atoms. The van der Waals surface area contributed by atoms with E-state index >= 15 is 0 Å². The Kier molecular flexibility index (Phi) is 6.25. The van der Waals surface area contributed by atoms with E-state index in [-0.39, 0.29) is 18.3 Å². The van der Waals surface area contributed by atoms with Gasteiger partial charge in [-0.05, 0) is 56.2 Å². The van der Waals surface area contributed by atoms with E-state index in [1.54, 1.807) is 0 Å². The van der Waals surface area contributed by atoms with Gasteiger partial charge in [0.25, 0.3) is 0 Å². The lowest BCUT2D eigenvalue weighted by Gasteiger charge is -2.24. The molecule has 0 N–H and O–H groups in total. The minimum atomic E-state index is -0.731. The fourth-order valence-electron chi connectivity index (χ4n) is 4.52. The SMILES string of the molecule is CC1(C)OC[C@H]([C@H]2OC(C)(C)O[C@@H]2COc2cc3ccccc3cc2OCc2ccccc2)O1. The van der Waals surface area contributed by atoms with Crippen molar-refractivity contribution in [2.24, 2.45) is 0 Å². The Morgan fingerprint density at radius 3 is 2.06 bits per heavy atom. The number of benzene rings is 3. The van der Waals surface area contributed by atoms with E-state index in [9.17, 15) is 0 Å². The third kappa shape index (κ3) is 5.20. The molecule has 2 heterocycles. The third-order valence-corrected chi connectivity index (χ3v) is 6.07. The standard InChI is InChI=1S/C28H32O6/c1-27(2)31-18-25(32-27)26-24(33-28(3,4)34-26)17-30-23-15-21-13-9-8-12-20(21)14-22(23)29-16-19-10-6-5-7-11-19/h5-15,24-26H,16-18H2,1-4H3/t24-,25-,26+/m1/s1. The normalized spacial score (nSPS) is 25.5. The lowest BCUT2D eigenvalue weighted by molar-refractivity contribution is -0.174. The molecule has 0 spiro atoms. The molecule has 3 aromatic rings. The first-order chi connectivity index (χ1) is 16.3. The monoisotopic (exact) mass is 464 g/mol. The summed E-state index contributed by atoms with van der Waals surface area (Å²) in [5, 5.41) is 2.18. The number of hydrogen-bond acceptors (Lipinski definition) is 6. The molecule has 0 amide bonds. The molecule has 0 unspecified atom stereocenters. The summed E-state index contributed by atoms with van der Waals surface area (Å²) >= 11 is 0. The van der Waals surface area contributed by atoms with E-state index in [1.807, 2.05) is 82.3 Å². The molecule has 3 atom stereocenters. The highest BCUT2D eigenvalue weighted by Gasteiger charge is 2.50. The van der Waals surface area contributed by atoms with E-state index in [1.165, 1.54) is 0 Å². The van der Waals surface area contributed by atoms with Crippen LogP contribution in [-0.2, 0) is 25.6 Å². The molecule has 0 saturated carbocycles. The van der Waals surface area contributed by atoms with Crippen LogP contribution in [0.1, 0.15) is 33.3 Å². The Hall–Kier alpha value is -2.64. The summed E-state index contributed by atoms with van der Waals surface area (Å²) in [7, 11) is 0. The Morgan fingerprint density at radius 1 is 0.765 bits per heavy atom. The molecule has 0 aromatic heterocycles. The highest BCUT2D eigenvalue weighted by molar-refractivity contribution is 5.86. The van der Waals surface area contributed by atoms with Crippen molar-refractivity contribution in [2.75, 3.05) is 13.2 Å². The Morgan fingerprint density at radius 2 is 1.41 bits per heavy atom. The van der Waals surface area contributed by atoms with Crippen molar-refractivity contribution in [3.8, 4) is 11.5 Å². The fraction of sp³-hybridized carbons (Fsp3) is 0.429. The molecule has 6 nitrogen and oxygen atoms in total. The quantitative estimate of drug-likeness (QED) is 0.462. The first-order valence-electron chi connectivity index (χ1n) is 11.8. The first-order valence-corrected chi connectivity index (χ1v) is 11.8. The molecule has 180 valence electrons. The zero-order chi connectivity index (χ0) is 23.8. The summed E-state index contributed by atoms with van der Waals surface area (Å²) in [6.07, 6.45) is -0.840. The van der Waals surface area contributed by atoms with Gasteiger partial charge in [-0.1, -0.05) is 54.6 Å². The summed E-state index contributed by atoms with van der Waals surface area (Å²) in [4.78, 5) is 0. The van der Waals surface area contributed by atoms with Gasteiger partial charge in [0.1, 0.15) is 31.5 Å². The van der Waals surface area contributed by atoms with E-state index < -0.39 is 11.6 Å². The average molecular weight is 465 g/mol. The zero-order valence-electron chi connectivity index (χ0n) is 20.2. The van der Waals surface area contributed by atoms with Crippen LogP contribution < -0.4 is 9.47 Å². The summed E-state index contributed by atoms with van der Waals surface area (Å²) in [5.41, 5.74) is 1.09. The predicted molar refractivity (Wildman–Crippen MR) is 129 cm³/mol. The van der Waals surface area contributed by atoms with Crippen molar-refractivity contribution < 1.29 is 28.4 Å². The number of ether oxygens (including phenoxy) is 6. The minimum absolute atomic E-state index is 0.226. The molecule has 2 aliphatic rings. The third-order valence-electron chi connectivity index (χ3n) is 6.07. The van der Waals surface area contributed by atoms with Gasteiger partial charge in [-0.2, -0.15) is 0 Å². The van der Waals surface area contributed by atoms with Crippen molar-refractivity contribution in [1.82, 2.24) is 0 Å². The van der Waals surface area contributed by atoms with Gasteiger partial charge in [0.15, 0.2) is 23.1 Å². The van der Waals surface area contributed by atoms with Gasteiger partial charge in [-0.15, -0.1) is 0 Å². The Balaban J connectivity index is 1.35. The first kappa shape index (κ1) is 23.1. The maximum Gasteiger partial charge on any atom is 0.164 e. The highest BCUT2D eigenvalue weighted by atomic mass is 16.8. The fourth-order valence-corrected chi connectivity index (χ4v) is 4.52. The maximum atomic E-state index is 6.33. The van der Waals surface area contributed by atoms with Crippen molar-refractivity contribution in [3.05, 3.63) is 72.3 Å². The topological polar surface area (TPSA) is 55.4 Å². The molecule has 0 bridgehead atoms. The van der Waals surface area contributed by atoms with E-state index in [0.29, 0.717) is 31.3 Å². The van der Waals surface area contributed by atoms with Crippen LogP contribution >= 0.6 is 0 Å². The smallest absolute Gasteiger partial charge is 0.164 e. The summed E-state index contributed by atoms with van der Waals surface area (Å²) in [6, 6.07) is 22.3. The average Bonchev–Trinajstić information content (AvgIpc) is 3.34. The minimum Gasteiger partial charge on any atom is -0.487 e. The van der Waals surface area contributed by atoms with Crippen molar-refractivity contribution in [3.63, 3.8) is 0 Å². The van der Waals surface area contributed by atoms with E-state index in [4.69, 9.17) is 28.4 Å². The predicted octanol–water partition coefficient (Wildman–Crippen LogP) is 5.47. The number of rotatable bonds is 7. The van der Waals surface area contributed by atoms with Gasteiger partial charge < -0.3 is 28.4 Å². The molecular weight excluding hydrogens is 432 g/mol. The van der Waals surface area contributed by atoms with Gasteiger partial charge >= 0.3 is 0 Å².